The monoisotopic (exact) mass is 312 g/mol. The average Bonchev–Trinajstić information content (AvgIpc) is 2.37. The summed E-state index contributed by atoms with van der Waals surface area (Å²) in [5.41, 5.74) is 8.00. The van der Waals surface area contributed by atoms with Crippen molar-refractivity contribution in [3.63, 3.8) is 0 Å². The second-order valence-corrected chi connectivity index (χ2v) is 5.64. The molecule has 2 rings (SSSR count). The topological polar surface area (TPSA) is 38.5 Å². The Morgan fingerprint density at radius 2 is 2.11 bits per heavy atom. The number of anilines is 1. The zero-order valence-electron chi connectivity index (χ0n) is 10.9. The molecule has 0 aliphatic carbocycles. The van der Waals surface area contributed by atoms with Crippen LogP contribution >= 0.6 is 15.9 Å². The fourth-order valence-electron chi connectivity index (χ4n) is 2.42. The molecule has 0 unspecified atom stereocenters. The van der Waals surface area contributed by atoms with E-state index in [1.54, 1.807) is 0 Å². The number of nitrogen functional groups attached to an aromatic ring is 1. The molecule has 0 saturated carbocycles. The molecule has 1 aliphatic rings. The number of hydrogen-bond donors (Lipinski definition) is 1. The number of nitrogens with two attached hydrogens (primary N) is 1. The summed E-state index contributed by atoms with van der Waals surface area (Å²) in [5.74, 6) is 0. The van der Waals surface area contributed by atoms with Crippen LogP contribution in [-0.4, -0.2) is 30.7 Å². The lowest BCUT2D eigenvalue weighted by atomic mass is 10.1. The molecular formula is C14H21BrN2O. The van der Waals surface area contributed by atoms with Gasteiger partial charge in [0.25, 0.3) is 0 Å². The third-order valence-electron chi connectivity index (χ3n) is 3.40. The Bertz CT molecular complexity index is 389. The minimum Gasteiger partial charge on any atom is -0.398 e. The van der Waals surface area contributed by atoms with Crippen LogP contribution in [0.2, 0.25) is 0 Å². The van der Waals surface area contributed by atoms with Crippen LogP contribution < -0.4 is 5.73 Å². The van der Waals surface area contributed by atoms with Crippen LogP contribution in [0.5, 0.6) is 0 Å². The lowest BCUT2D eigenvalue weighted by Crippen LogP contribution is -2.36. The van der Waals surface area contributed by atoms with Gasteiger partial charge >= 0.3 is 0 Å². The van der Waals surface area contributed by atoms with Gasteiger partial charge in [0.15, 0.2) is 0 Å². The summed E-state index contributed by atoms with van der Waals surface area (Å²) in [5, 5.41) is 0. The van der Waals surface area contributed by atoms with Gasteiger partial charge in [-0.15, -0.1) is 0 Å². The molecule has 100 valence electrons. The highest BCUT2D eigenvalue weighted by Crippen LogP contribution is 2.22. The third kappa shape index (κ3) is 3.70. The molecule has 1 aromatic rings. The maximum Gasteiger partial charge on any atom is 0.0599 e. The van der Waals surface area contributed by atoms with Gasteiger partial charge in [0.1, 0.15) is 0 Å². The zero-order valence-corrected chi connectivity index (χ0v) is 12.4. The van der Waals surface area contributed by atoms with E-state index in [0.717, 1.165) is 49.2 Å². The molecule has 0 atom stereocenters. The summed E-state index contributed by atoms with van der Waals surface area (Å²) in [6, 6.07) is 6.21. The highest BCUT2D eigenvalue weighted by Gasteiger charge is 2.19. The molecule has 0 amide bonds. The Labute approximate surface area is 117 Å². The van der Waals surface area contributed by atoms with Crippen molar-refractivity contribution in [3.8, 4) is 0 Å². The number of halogens is 1. The summed E-state index contributed by atoms with van der Waals surface area (Å²) in [4.78, 5) is 2.47. The molecule has 1 saturated heterocycles. The molecule has 0 radical (unpaired) electrons. The highest BCUT2D eigenvalue weighted by atomic mass is 79.9. The Hall–Kier alpha value is -0.580. The van der Waals surface area contributed by atoms with Crippen molar-refractivity contribution in [3.05, 3.63) is 28.2 Å². The minimum atomic E-state index is 0.459. The smallest absolute Gasteiger partial charge is 0.0599 e. The Morgan fingerprint density at radius 3 is 2.72 bits per heavy atom. The molecule has 3 nitrogen and oxygen atoms in total. The van der Waals surface area contributed by atoms with Gasteiger partial charge in [0.2, 0.25) is 0 Å². The molecule has 1 aromatic carbocycles. The van der Waals surface area contributed by atoms with E-state index < -0.39 is 0 Å². The van der Waals surface area contributed by atoms with E-state index in [2.05, 4.69) is 39.9 Å². The Balaban J connectivity index is 1.85. The number of hydrogen-bond acceptors (Lipinski definition) is 3. The van der Waals surface area contributed by atoms with Crippen LogP contribution in [0.25, 0.3) is 0 Å². The van der Waals surface area contributed by atoms with Gasteiger partial charge in [0.05, 0.1) is 6.10 Å². The Kier molecular flexibility index (Phi) is 5.03. The van der Waals surface area contributed by atoms with E-state index in [-0.39, 0.29) is 0 Å². The van der Waals surface area contributed by atoms with Gasteiger partial charge in [-0.25, -0.2) is 0 Å². The van der Waals surface area contributed by atoms with Crippen molar-refractivity contribution >= 4 is 21.6 Å². The number of ether oxygens (including phenoxy) is 1. The van der Waals surface area contributed by atoms with E-state index in [1.807, 2.05) is 6.07 Å². The van der Waals surface area contributed by atoms with Gasteiger partial charge in [0, 0.05) is 36.4 Å². The molecule has 4 heteroatoms. The SMILES string of the molecule is CCOC1CCN(Cc2ccc(Br)c(N)c2)CC1. The van der Waals surface area contributed by atoms with Crippen molar-refractivity contribution < 1.29 is 4.74 Å². The largest absolute Gasteiger partial charge is 0.398 e. The van der Waals surface area contributed by atoms with Crippen LogP contribution in [0.4, 0.5) is 5.69 Å². The second kappa shape index (κ2) is 6.55. The lowest BCUT2D eigenvalue weighted by Gasteiger charge is -2.31. The Morgan fingerprint density at radius 1 is 1.39 bits per heavy atom. The summed E-state index contributed by atoms with van der Waals surface area (Å²) in [7, 11) is 0. The molecule has 18 heavy (non-hydrogen) atoms. The predicted octanol–water partition coefficient (Wildman–Crippen LogP) is 3.03. The summed E-state index contributed by atoms with van der Waals surface area (Å²) in [6.45, 7) is 6.10. The lowest BCUT2D eigenvalue weighted by molar-refractivity contribution is 0.0125. The van der Waals surface area contributed by atoms with Crippen LogP contribution in [0.3, 0.4) is 0 Å². The molecular weight excluding hydrogens is 292 g/mol. The van der Waals surface area contributed by atoms with Crippen molar-refractivity contribution in [2.45, 2.75) is 32.4 Å². The molecule has 2 N–H and O–H groups in total. The van der Waals surface area contributed by atoms with Crippen molar-refractivity contribution in [1.29, 1.82) is 0 Å². The van der Waals surface area contributed by atoms with Gasteiger partial charge in [-0.05, 0) is 53.4 Å². The first-order chi connectivity index (χ1) is 8.69. The summed E-state index contributed by atoms with van der Waals surface area (Å²) < 4.78 is 6.64. The number of piperidine rings is 1. The van der Waals surface area contributed by atoms with Gasteiger partial charge < -0.3 is 10.5 Å². The maximum atomic E-state index is 5.90. The van der Waals surface area contributed by atoms with Crippen LogP contribution in [0.15, 0.2) is 22.7 Å². The zero-order chi connectivity index (χ0) is 13.0. The average molecular weight is 313 g/mol. The fourth-order valence-corrected chi connectivity index (χ4v) is 2.67. The number of likely N-dealkylation sites (tertiary alicyclic amines) is 1. The standard InChI is InChI=1S/C14H21BrN2O/c1-2-18-12-5-7-17(8-6-12)10-11-3-4-13(15)14(16)9-11/h3-4,9,12H,2,5-8,10,16H2,1H3. The third-order valence-corrected chi connectivity index (χ3v) is 4.13. The van der Waals surface area contributed by atoms with E-state index >= 15 is 0 Å². The molecule has 0 aromatic heterocycles. The van der Waals surface area contributed by atoms with Crippen molar-refractivity contribution in [2.24, 2.45) is 0 Å². The van der Waals surface area contributed by atoms with E-state index in [1.165, 1.54) is 5.56 Å². The molecule has 1 fully saturated rings. The fraction of sp³-hybridized carbons (Fsp3) is 0.571. The first kappa shape index (κ1) is 13.8. The minimum absolute atomic E-state index is 0.459. The molecule has 1 heterocycles. The van der Waals surface area contributed by atoms with Crippen LogP contribution in [0.1, 0.15) is 25.3 Å². The quantitative estimate of drug-likeness (QED) is 0.869. The second-order valence-electron chi connectivity index (χ2n) is 4.79. The van der Waals surface area contributed by atoms with E-state index in [4.69, 9.17) is 10.5 Å². The highest BCUT2D eigenvalue weighted by molar-refractivity contribution is 9.10. The van der Waals surface area contributed by atoms with Crippen molar-refractivity contribution in [1.82, 2.24) is 4.90 Å². The summed E-state index contributed by atoms with van der Waals surface area (Å²) in [6.07, 6.45) is 2.74. The first-order valence-corrected chi connectivity index (χ1v) is 7.36. The van der Waals surface area contributed by atoms with Gasteiger partial charge in [-0.3, -0.25) is 4.90 Å². The van der Waals surface area contributed by atoms with Crippen molar-refractivity contribution in [2.75, 3.05) is 25.4 Å². The molecule has 0 spiro atoms. The normalized spacial score (nSPS) is 18.1. The number of rotatable bonds is 4. The van der Waals surface area contributed by atoms with E-state index in [9.17, 15) is 0 Å². The molecule has 0 bridgehead atoms. The predicted molar refractivity (Wildman–Crippen MR) is 78.5 cm³/mol. The number of nitrogens with zero attached hydrogens (tertiary/aromatic N) is 1. The van der Waals surface area contributed by atoms with Gasteiger partial charge in [-0.2, -0.15) is 0 Å². The summed E-state index contributed by atoms with van der Waals surface area (Å²) >= 11 is 3.42. The van der Waals surface area contributed by atoms with E-state index in [0.29, 0.717) is 6.10 Å². The molecule has 1 aliphatic heterocycles. The van der Waals surface area contributed by atoms with Gasteiger partial charge in [-0.1, -0.05) is 6.07 Å². The first-order valence-electron chi connectivity index (χ1n) is 6.57. The van der Waals surface area contributed by atoms with Crippen LogP contribution in [-0.2, 0) is 11.3 Å². The maximum absolute atomic E-state index is 5.90. The number of benzene rings is 1. The van der Waals surface area contributed by atoms with Crippen LogP contribution in [0, 0.1) is 0 Å².